The van der Waals surface area contributed by atoms with Crippen molar-refractivity contribution < 1.29 is 14.2 Å². The van der Waals surface area contributed by atoms with Crippen molar-refractivity contribution in [2.24, 2.45) is 5.92 Å². The van der Waals surface area contributed by atoms with Crippen LogP contribution in [0.5, 0.6) is 11.5 Å². The van der Waals surface area contributed by atoms with E-state index in [-0.39, 0.29) is 5.92 Å². The fourth-order valence-corrected chi connectivity index (χ4v) is 5.61. The molecule has 0 bridgehead atoms. The number of hydrogen-bond donors (Lipinski definition) is 0. The summed E-state index contributed by atoms with van der Waals surface area (Å²) in [5, 5.41) is 0. The highest BCUT2D eigenvalue weighted by molar-refractivity contribution is 5.79. The summed E-state index contributed by atoms with van der Waals surface area (Å²) in [6.45, 7) is 2.33. The molecule has 28 heavy (non-hydrogen) atoms. The van der Waals surface area contributed by atoms with Gasteiger partial charge in [0.1, 0.15) is 5.76 Å². The maximum absolute atomic E-state index is 5.65. The van der Waals surface area contributed by atoms with E-state index in [1.165, 1.54) is 36.9 Å². The number of benzene rings is 1. The third-order valence-corrected chi connectivity index (χ3v) is 7.03. The molecule has 2 aliphatic carbocycles. The van der Waals surface area contributed by atoms with Gasteiger partial charge in [0.2, 0.25) is 0 Å². The minimum Gasteiger partial charge on any atom is -0.497 e. The van der Waals surface area contributed by atoms with Gasteiger partial charge in [0.05, 0.1) is 21.3 Å². The largest absolute Gasteiger partial charge is 0.497 e. The Labute approximate surface area is 167 Å². The van der Waals surface area contributed by atoms with E-state index in [9.17, 15) is 0 Å². The molecule has 1 aromatic rings. The third kappa shape index (κ3) is 2.69. The van der Waals surface area contributed by atoms with Crippen molar-refractivity contribution in [2.45, 2.75) is 37.6 Å². The molecule has 5 rings (SSSR count). The fourth-order valence-electron chi connectivity index (χ4n) is 5.61. The Morgan fingerprint density at radius 2 is 1.79 bits per heavy atom. The first kappa shape index (κ1) is 17.9. The van der Waals surface area contributed by atoms with Crippen LogP contribution in [0.2, 0.25) is 0 Å². The Balaban J connectivity index is 1.68. The van der Waals surface area contributed by atoms with Crippen LogP contribution >= 0.6 is 0 Å². The second-order valence-corrected chi connectivity index (χ2v) is 8.31. The van der Waals surface area contributed by atoms with E-state index in [4.69, 9.17) is 14.2 Å². The SMILES string of the molecule is COC1=CC2c3cc(OC)c(OC)cc3C3=C(CN4CCCCC4C3)C2C=C1. The van der Waals surface area contributed by atoms with E-state index >= 15 is 0 Å². The quantitative estimate of drug-likeness (QED) is 0.772. The first-order chi connectivity index (χ1) is 13.7. The Kier molecular flexibility index (Phi) is 4.47. The Morgan fingerprint density at radius 1 is 0.964 bits per heavy atom. The summed E-state index contributed by atoms with van der Waals surface area (Å²) in [5.74, 6) is 3.26. The lowest BCUT2D eigenvalue weighted by molar-refractivity contribution is 0.151. The van der Waals surface area contributed by atoms with E-state index in [2.05, 4.69) is 35.3 Å². The van der Waals surface area contributed by atoms with Gasteiger partial charge >= 0.3 is 0 Å². The molecule has 3 atom stereocenters. The minimum atomic E-state index is 0.287. The van der Waals surface area contributed by atoms with Gasteiger partial charge in [-0.25, -0.2) is 0 Å². The average Bonchev–Trinajstić information content (AvgIpc) is 2.76. The minimum absolute atomic E-state index is 0.287. The number of piperidine rings is 1. The number of hydrogen-bond acceptors (Lipinski definition) is 4. The Hall–Kier alpha value is -2.20. The van der Waals surface area contributed by atoms with Gasteiger partial charge in [-0.15, -0.1) is 0 Å². The van der Waals surface area contributed by atoms with Gasteiger partial charge in [-0.1, -0.05) is 12.5 Å². The van der Waals surface area contributed by atoms with Gasteiger partial charge in [0.15, 0.2) is 11.5 Å². The van der Waals surface area contributed by atoms with Crippen molar-refractivity contribution in [2.75, 3.05) is 34.4 Å². The molecule has 1 fully saturated rings. The average molecular weight is 380 g/mol. The summed E-state index contributed by atoms with van der Waals surface area (Å²) in [5.41, 5.74) is 5.82. The molecule has 148 valence electrons. The molecule has 4 nitrogen and oxygen atoms in total. The first-order valence-electron chi connectivity index (χ1n) is 10.4. The van der Waals surface area contributed by atoms with Crippen LogP contribution in [0.15, 0.2) is 41.7 Å². The highest BCUT2D eigenvalue weighted by Crippen LogP contribution is 2.52. The number of ether oxygens (including phenoxy) is 3. The van der Waals surface area contributed by atoms with Gasteiger partial charge in [-0.2, -0.15) is 0 Å². The van der Waals surface area contributed by atoms with Gasteiger partial charge in [0.25, 0.3) is 0 Å². The summed E-state index contributed by atoms with van der Waals surface area (Å²) < 4.78 is 16.9. The molecular weight excluding hydrogens is 350 g/mol. The molecule has 1 aromatic carbocycles. The lowest BCUT2D eigenvalue weighted by atomic mass is 9.66. The molecule has 0 N–H and O–H groups in total. The van der Waals surface area contributed by atoms with E-state index in [0.29, 0.717) is 12.0 Å². The molecule has 0 saturated carbocycles. The summed E-state index contributed by atoms with van der Waals surface area (Å²) in [6, 6.07) is 5.07. The smallest absolute Gasteiger partial charge is 0.161 e. The van der Waals surface area contributed by atoms with Crippen molar-refractivity contribution >= 4 is 5.57 Å². The highest BCUT2D eigenvalue weighted by atomic mass is 16.5. The summed E-state index contributed by atoms with van der Waals surface area (Å²) in [6.07, 6.45) is 11.9. The normalized spacial score (nSPS) is 28.5. The number of allylic oxidation sites excluding steroid dienone is 3. The van der Waals surface area contributed by atoms with E-state index in [0.717, 1.165) is 30.2 Å². The van der Waals surface area contributed by atoms with Gasteiger partial charge in [-0.3, -0.25) is 4.90 Å². The molecule has 0 spiro atoms. The number of methoxy groups -OCH3 is 3. The molecule has 1 saturated heterocycles. The lowest BCUT2D eigenvalue weighted by Gasteiger charge is -2.47. The number of fused-ring (bicyclic) bond motifs is 6. The van der Waals surface area contributed by atoms with Crippen molar-refractivity contribution in [1.82, 2.24) is 4.90 Å². The predicted octanol–water partition coefficient (Wildman–Crippen LogP) is 4.53. The van der Waals surface area contributed by atoms with E-state index in [1.807, 2.05) is 0 Å². The zero-order valence-electron chi connectivity index (χ0n) is 17.0. The van der Waals surface area contributed by atoms with Crippen LogP contribution in [0.1, 0.15) is 42.7 Å². The van der Waals surface area contributed by atoms with Crippen LogP contribution in [-0.2, 0) is 4.74 Å². The van der Waals surface area contributed by atoms with Gasteiger partial charge in [0, 0.05) is 24.4 Å². The second-order valence-electron chi connectivity index (χ2n) is 8.31. The summed E-state index contributed by atoms with van der Waals surface area (Å²) in [7, 11) is 5.19. The van der Waals surface area contributed by atoms with Crippen LogP contribution < -0.4 is 9.47 Å². The molecule has 0 aromatic heterocycles. The number of nitrogens with zero attached hydrogens (tertiary/aromatic N) is 1. The molecule has 3 unspecified atom stereocenters. The topological polar surface area (TPSA) is 30.9 Å². The zero-order valence-corrected chi connectivity index (χ0v) is 17.0. The highest BCUT2D eigenvalue weighted by Gasteiger charge is 2.41. The van der Waals surface area contributed by atoms with Crippen LogP contribution in [0.4, 0.5) is 0 Å². The third-order valence-electron chi connectivity index (χ3n) is 7.03. The van der Waals surface area contributed by atoms with Crippen LogP contribution in [0.25, 0.3) is 5.57 Å². The van der Waals surface area contributed by atoms with Crippen molar-refractivity contribution in [3.63, 3.8) is 0 Å². The van der Waals surface area contributed by atoms with Crippen LogP contribution in [0.3, 0.4) is 0 Å². The molecule has 0 amide bonds. The molecule has 0 radical (unpaired) electrons. The fraction of sp³-hybridized carbons (Fsp3) is 0.500. The standard InChI is InChI=1S/C24H29NO3/c1-26-16-7-8-17-19(11-16)21-13-24(28-3)23(27-2)12-20(21)18-10-15-6-4-5-9-25(15)14-22(17)18/h7-8,11-13,15,17,19H,4-6,9-10,14H2,1-3H3. The van der Waals surface area contributed by atoms with Gasteiger partial charge < -0.3 is 14.2 Å². The maximum atomic E-state index is 5.65. The summed E-state index contributed by atoms with van der Waals surface area (Å²) in [4.78, 5) is 2.72. The first-order valence-corrected chi connectivity index (χ1v) is 10.4. The molecule has 4 heteroatoms. The lowest BCUT2D eigenvalue weighted by Crippen LogP contribution is -2.46. The number of rotatable bonds is 3. The molecular formula is C24H29NO3. The molecule has 2 aliphatic heterocycles. The van der Waals surface area contributed by atoms with Crippen molar-refractivity contribution in [1.29, 1.82) is 0 Å². The maximum Gasteiger partial charge on any atom is 0.161 e. The van der Waals surface area contributed by atoms with Crippen LogP contribution in [-0.4, -0.2) is 45.4 Å². The summed E-state index contributed by atoms with van der Waals surface area (Å²) >= 11 is 0. The monoisotopic (exact) mass is 379 g/mol. The molecule has 2 heterocycles. The van der Waals surface area contributed by atoms with Crippen molar-refractivity contribution in [3.05, 3.63) is 52.8 Å². The van der Waals surface area contributed by atoms with Crippen molar-refractivity contribution in [3.8, 4) is 11.5 Å². The predicted molar refractivity (Wildman–Crippen MR) is 111 cm³/mol. The second kappa shape index (κ2) is 7.00. The van der Waals surface area contributed by atoms with E-state index < -0.39 is 0 Å². The zero-order chi connectivity index (χ0) is 19.3. The van der Waals surface area contributed by atoms with E-state index in [1.54, 1.807) is 32.5 Å². The van der Waals surface area contributed by atoms with Gasteiger partial charge in [-0.05, 0) is 72.4 Å². The Bertz CT molecular complexity index is 882. The van der Waals surface area contributed by atoms with Crippen LogP contribution in [0, 0.1) is 5.92 Å². The molecule has 4 aliphatic rings. The Morgan fingerprint density at radius 3 is 2.57 bits per heavy atom.